The third-order valence-corrected chi connectivity index (χ3v) is 2.88. The van der Waals surface area contributed by atoms with Gasteiger partial charge >= 0.3 is 0 Å². The van der Waals surface area contributed by atoms with Crippen LogP contribution in [0, 0.1) is 6.92 Å². The van der Waals surface area contributed by atoms with Crippen LogP contribution in [0.1, 0.15) is 35.5 Å². The third-order valence-electron chi connectivity index (χ3n) is 2.88. The maximum Gasteiger partial charge on any atom is 0.230 e. The lowest BCUT2D eigenvalue weighted by molar-refractivity contribution is 0.374. The average Bonchev–Trinajstić information content (AvgIpc) is 2.96. The van der Waals surface area contributed by atoms with Crippen LogP contribution in [0.5, 0.6) is 0 Å². The Hall–Kier alpha value is -1.64. The first-order chi connectivity index (χ1) is 7.34. The third kappa shape index (κ3) is 1.54. The molecule has 1 fully saturated rings. The number of aromatic nitrogens is 2. The number of rotatable bonds is 2. The molecule has 0 bridgehead atoms. The minimum Gasteiger partial charge on any atom is -0.339 e. The van der Waals surface area contributed by atoms with E-state index >= 15 is 0 Å². The molecule has 1 aromatic heterocycles. The molecule has 1 aromatic carbocycles. The Balaban J connectivity index is 1.80. The van der Waals surface area contributed by atoms with Crippen molar-refractivity contribution in [2.45, 2.75) is 25.2 Å². The van der Waals surface area contributed by atoms with Crippen molar-refractivity contribution in [3.05, 3.63) is 47.6 Å². The molecule has 2 atom stereocenters. The summed E-state index contributed by atoms with van der Waals surface area (Å²) in [6, 6.07) is 10.5. The number of benzene rings is 1. The smallest absolute Gasteiger partial charge is 0.230 e. The maximum atomic E-state index is 5.18. The molecule has 0 aliphatic heterocycles. The monoisotopic (exact) mass is 200 g/mol. The van der Waals surface area contributed by atoms with E-state index in [0.717, 1.165) is 18.1 Å². The Labute approximate surface area is 88.1 Å². The van der Waals surface area contributed by atoms with Crippen LogP contribution in [0.4, 0.5) is 0 Å². The molecule has 0 saturated heterocycles. The second-order valence-corrected chi connectivity index (χ2v) is 4.04. The zero-order valence-electron chi connectivity index (χ0n) is 8.55. The van der Waals surface area contributed by atoms with Crippen LogP contribution in [-0.4, -0.2) is 10.1 Å². The van der Waals surface area contributed by atoms with Gasteiger partial charge in [0.05, 0.1) is 0 Å². The summed E-state index contributed by atoms with van der Waals surface area (Å²) < 4.78 is 5.18. The van der Waals surface area contributed by atoms with E-state index in [1.165, 1.54) is 5.56 Å². The van der Waals surface area contributed by atoms with Crippen LogP contribution < -0.4 is 0 Å². The van der Waals surface area contributed by atoms with E-state index in [2.05, 4.69) is 34.4 Å². The minimum absolute atomic E-state index is 0.439. The van der Waals surface area contributed by atoms with Gasteiger partial charge in [-0.15, -0.1) is 0 Å². The molecule has 3 nitrogen and oxygen atoms in total. The molecule has 0 amide bonds. The van der Waals surface area contributed by atoms with Crippen molar-refractivity contribution in [1.29, 1.82) is 0 Å². The Morgan fingerprint density at radius 3 is 2.67 bits per heavy atom. The normalized spacial score (nSPS) is 24.1. The fourth-order valence-electron chi connectivity index (χ4n) is 2.00. The van der Waals surface area contributed by atoms with Gasteiger partial charge in [-0.2, -0.15) is 4.98 Å². The summed E-state index contributed by atoms with van der Waals surface area (Å²) in [6.07, 6.45) is 1.13. The van der Waals surface area contributed by atoms with Gasteiger partial charge in [-0.1, -0.05) is 35.5 Å². The summed E-state index contributed by atoms with van der Waals surface area (Å²) in [5.41, 5.74) is 1.37. The molecular weight excluding hydrogens is 188 g/mol. The molecule has 3 heteroatoms. The van der Waals surface area contributed by atoms with Gasteiger partial charge in [0.1, 0.15) is 0 Å². The lowest BCUT2D eigenvalue weighted by Crippen LogP contribution is -1.84. The summed E-state index contributed by atoms with van der Waals surface area (Å²) >= 11 is 0. The van der Waals surface area contributed by atoms with Gasteiger partial charge in [0.2, 0.25) is 5.89 Å². The lowest BCUT2D eigenvalue weighted by atomic mass is 10.1. The Bertz CT molecular complexity index is 463. The highest BCUT2D eigenvalue weighted by Gasteiger charge is 2.43. The van der Waals surface area contributed by atoms with Gasteiger partial charge < -0.3 is 4.52 Å². The molecule has 1 heterocycles. The van der Waals surface area contributed by atoms with Crippen molar-refractivity contribution in [3.8, 4) is 0 Å². The van der Waals surface area contributed by atoms with Crippen LogP contribution in [0.25, 0.3) is 0 Å². The van der Waals surface area contributed by atoms with E-state index in [1.54, 1.807) is 0 Å². The predicted molar refractivity (Wildman–Crippen MR) is 55.6 cm³/mol. The second kappa shape index (κ2) is 3.19. The molecule has 1 aliphatic rings. The Morgan fingerprint density at radius 1 is 1.20 bits per heavy atom. The topological polar surface area (TPSA) is 38.9 Å². The molecule has 15 heavy (non-hydrogen) atoms. The molecule has 1 saturated carbocycles. The van der Waals surface area contributed by atoms with Crippen LogP contribution in [0.3, 0.4) is 0 Å². The minimum atomic E-state index is 0.439. The fourth-order valence-corrected chi connectivity index (χ4v) is 2.00. The molecule has 2 unspecified atom stereocenters. The zero-order chi connectivity index (χ0) is 10.3. The Morgan fingerprint density at radius 2 is 2.00 bits per heavy atom. The average molecular weight is 200 g/mol. The zero-order valence-corrected chi connectivity index (χ0v) is 8.55. The quantitative estimate of drug-likeness (QED) is 0.748. The largest absolute Gasteiger partial charge is 0.339 e. The van der Waals surface area contributed by atoms with Crippen LogP contribution >= 0.6 is 0 Å². The highest BCUT2D eigenvalue weighted by molar-refractivity contribution is 5.30. The standard InChI is InChI=1S/C12H12N2O/c1-8-13-12(15-14-8)11-7-10(11)9-5-3-2-4-6-9/h2-6,10-11H,7H2,1H3. The van der Waals surface area contributed by atoms with E-state index in [4.69, 9.17) is 4.52 Å². The molecule has 0 spiro atoms. The SMILES string of the molecule is Cc1noc(C2CC2c2ccccc2)n1. The summed E-state index contributed by atoms with van der Waals surface area (Å²) in [6.45, 7) is 1.85. The van der Waals surface area contributed by atoms with Crippen molar-refractivity contribution in [3.63, 3.8) is 0 Å². The van der Waals surface area contributed by atoms with Gasteiger partial charge in [-0.25, -0.2) is 0 Å². The van der Waals surface area contributed by atoms with Gasteiger partial charge in [-0.05, 0) is 24.8 Å². The van der Waals surface area contributed by atoms with Crippen molar-refractivity contribution >= 4 is 0 Å². The molecule has 0 radical (unpaired) electrons. The number of hydrogen-bond donors (Lipinski definition) is 0. The number of aryl methyl sites for hydroxylation is 1. The first kappa shape index (κ1) is 8.65. The summed E-state index contributed by atoms with van der Waals surface area (Å²) in [5.74, 6) is 2.53. The summed E-state index contributed by atoms with van der Waals surface area (Å²) in [4.78, 5) is 4.27. The lowest BCUT2D eigenvalue weighted by Gasteiger charge is -1.95. The van der Waals surface area contributed by atoms with Crippen molar-refractivity contribution in [1.82, 2.24) is 10.1 Å². The predicted octanol–water partition coefficient (Wildman–Crippen LogP) is 2.65. The number of nitrogens with zero attached hydrogens (tertiary/aromatic N) is 2. The first-order valence-electron chi connectivity index (χ1n) is 5.20. The highest BCUT2D eigenvalue weighted by atomic mass is 16.5. The van der Waals surface area contributed by atoms with Crippen LogP contribution in [0.15, 0.2) is 34.9 Å². The second-order valence-electron chi connectivity index (χ2n) is 4.04. The molecule has 3 rings (SSSR count). The molecular formula is C12H12N2O. The van der Waals surface area contributed by atoms with E-state index < -0.39 is 0 Å². The van der Waals surface area contributed by atoms with E-state index in [0.29, 0.717) is 11.8 Å². The van der Waals surface area contributed by atoms with E-state index in [9.17, 15) is 0 Å². The highest BCUT2D eigenvalue weighted by Crippen LogP contribution is 2.53. The molecule has 2 aromatic rings. The fraction of sp³-hybridized carbons (Fsp3) is 0.333. The summed E-state index contributed by atoms with van der Waals surface area (Å²) in [5, 5.41) is 3.82. The van der Waals surface area contributed by atoms with Gasteiger partial charge in [0.15, 0.2) is 5.82 Å². The van der Waals surface area contributed by atoms with Gasteiger partial charge in [0.25, 0.3) is 0 Å². The van der Waals surface area contributed by atoms with Crippen molar-refractivity contribution in [2.75, 3.05) is 0 Å². The Kier molecular flexibility index (Phi) is 1.84. The molecule has 76 valence electrons. The van der Waals surface area contributed by atoms with E-state index in [-0.39, 0.29) is 0 Å². The van der Waals surface area contributed by atoms with Crippen molar-refractivity contribution in [2.24, 2.45) is 0 Å². The van der Waals surface area contributed by atoms with Crippen molar-refractivity contribution < 1.29 is 4.52 Å². The summed E-state index contributed by atoms with van der Waals surface area (Å²) in [7, 11) is 0. The van der Waals surface area contributed by atoms with Gasteiger partial charge in [-0.3, -0.25) is 0 Å². The molecule has 0 N–H and O–H groups in total. The van der Waals surface area contributed by atoms with E-state index in [1.807, 2.05) is 13.0 Å². The van der Waals surface area contributed by atoms with Gasteiger partial charge in [0, 0.05) is 5.92 Å². The van der Waals surface area contributed by atoms with Crippen LogP contribution in [-0.2, 0) is 0 Å². The van der Waals surface area contributed by atoms with Crippen LogP contribution in [0.2, 0.25) is 0 Å². The first-order valence-corrected chi connectivity index (χ1v) is 5.20. The number of hydrogen-bond acceptors (Lipinski definition) is 3. The maximum absolute atomic E-state index is 5.18. The molecule has 1 aliphatic carbocycles.